The molecule has 2 bridgehead atoms. The summed E-state index contributed by atoms with van der Waals surface area (Å²) in [6, 6.07) is 0.0585. The number of rotatable bonds is 5. The Morgan fingerprint density at radius 1 is 0.857 bits per heavy atom. The number of hydroxylamine groups is 4. The van der Waals surface area contributed by atoms with Crippen LogP contribution in [0.25, 0.3) is 0 Å². The van der Waals surface area contributed by atoms with Crippen molar-refractivity contribution in [2.24, 2.45) is 11.8 Å². The molecule has 3 saturated carbocycles. The summed E-state index contributed by atoms with van der Waals surface area (Å²) in [6.45, 7) is 0. The van der Waals surface area contributed by atoms with E-state index >= 15 is 0 Å². The van der Waals surface area contributed by atoms with Gasteiger partial charge in [0.15, 0.2) is 0 Å². The fraction of sp³-hybridized carbons (Fsp3) is 1.00. The van der Waals surface area contributed by atoms with Crippen LogP contribution in [0.15, 0.2) is 0 Å². The van der Waals surface area contributed by atoms with Gasteiger partial charge in [-0.05, 0) is 63.8 Å². The molecule has 3 aliphatic rings. The molecule has 0 amide bonds. The molecule has 0 aromatic heterocycles. The highest BCUT2D eigenvalue weighted by molar-refractivity contribution is 5.02. The lowest BCUT2D eigenvalue weighted by Gasteiger charge is -2.45. The van der Waals surface area contributed by atoms with Gasteiger partial charge in [0, 0.05) is 19.2 Å². The van der Waals surface area contributed by atoms with Gasteiger partial charge in [0.2, 0.25) is 0 Å². The van der Waals surface area contributed by atoms with Crippen LogP contribution in [0.2, 0.25) is 0 Å². The molecular weight excluding hydrogens is 272 g/mol. The Kier molecular flexibility index (Phi) is 4.83. The molecule has 0 aromatic rings. The van der Waals surface area contributed by atoms with Crippen LogP contribution in [0, 0.1) is 22.3 Å². The zero-order valence-electron chi connectivity index (χ0n) is 12.9. The average Bonchev–Trinajstić information content (AvgIpc) is 3.08. The van der Waals surface area contributed by atoms with Crippen LogP contribution in [0.5, 0.6) is 0 Å². The highest BCUT2D eigenvalue weighted by Crippen LogP contribution is 2.48. The van der Waals surface area contributed by atoms with Gasteiger partial charge >= 0.3 is 0 Å². The summed E-state index contributed by atoms with van der Waals surface area (Å²) in [6.07, 6.45) is 6.72. The first-order valence-electron chi connectivity index (χ1n) is 8.14. The first-order chi connectivity index (χ1) is 10.1. The summed E-state index contributed by atoms with van der Waals surface area (Å²) in [5.74, 6) is 0.691. The molecule has 0 heterocycles. The van der Waals surface area contributed by atoms with Crippen molar-refractivity contribution in [2.45, 2.75) is 69.2 Å². The van der Waals surface area contributed by atoms with Gasteiger partial charge in [0.1, 0.15) is 0 Å². The molecule has 0 aliphatic heterocycles. The predicted octanol–water partition coefficient (Wildman–Crippen LogP) is 2.27. The van der Waals surface area contributed by atoms with Crippen LogP contribution in [-0.2, 0) is 9.57 Å². The lowest BCUT2D eigenvalue weighted by Crippen LogP contribution is -2.43. The third kappa shape index (κ3) is 3.25. The lowest BCUT2D eigenvalue weighted by molar-refractivity contribution is -0.209. The minimum Gasteiger partial charge on any atom is -0.785 e. The Bertz CT molecular complexity index is 347. The van der Waals surface area contributed by atoms with Crippen LogP contribution in [0.3, 0.4) is 0 Å². The number of hydrogen-bond acceptors (Lipinski definition) is 6. The van der Waals surface area contributed by atoms with Gasteiger partial charge in [-0.2, -0.15) is 0 Å². The molecule has 0 saturated heterocycles. The standard InChI is InChI=1S/C15H26N2O4/c1-16(18)14-8-11-7-10(14)9-15(11)17(19)21-13-5-3-12(20-2)4-6-13/h10-15H,3-9H2,1-2H3/q-2. The van der Waals surface area contributed by atoms with E-state index in [1.165, 1.54) is 0 Å². The quantitative estimate of drug-likeness (QED) is 0.725. The highest BCUT2D eigenvalue weighted by atomic mass is 16.9. The molecule has 21 heavy (non-hydrogen) atoms. The van der Waals surface area contributed by atoms with Gasteiger partial charge in [-0.1, -0.05) is 0 Å². The first kappa shape index (κ1) is 15.6. The van der Waals surface area contributed by atoms with E-state index in [4.69, 9.17) is 9.57 Å². The molecule has 6 heteroatoms. The van der Waals surface area contributed by atoms with Crippen LogP contribution >= 0.6 is 0 Å². The zero-order chi connectivity index (χ0) is 15.0. The van der Waals surface area contributed by atoms with Crippen molar-refractivity contribution in [3.63, 3.8) is 0 Å². The lowest BCUT2D eigenvalue weighted by atomic mass is 9.91. The molecule has 0 aromatic carbocycles. The van der Waals surface area contributed by atoms with Crippen LogP contribution in [0.4, 0.5) is 0 Å². The van der Waals surface area contributed by atoms with E-state index in [9.17, 15) is 10.4 Å². The monoisotopic (exact) mass is 298 g/mol. The fourth-order valence-electron chi connectivity index (χ4n) is 4.52. The van der Waals surface area contributed by atoms with Gasteiger partial charge in [-0.25, -0.2) is 0 Å². The average molecular weight is 298 g/mol. The summed E-state index contributed by atoms with van der Waals surface area (Å²) in [5, 5.41) is 25.7. The minimum absolute atomic E-state index is 0.0333. The van der Waals surface area contributed by atoms with E-state index in [0.29, 0.717) is 17.9 Å². The summed E-state index contributed by atoms with van der Waals surface area (Å²) in [4.78, 5) is 5.65. The Hall–Kier alpha value is -0.240. The van der Waals surface area contributed by atoms with Crippen molar-refractivity contribution in [2.75, 3.05) is 14.2 Å². The first-order valence-corrected chi connectivity index (χ1v) is 8.14. The highest BCUT2D eigenvalue weighted by Gasteiger charge is 2.46. The summed E-state index contributed by atoms with van der Waals surface area (Å²) < 4.78 is 5.34. The number of fused-ring (bicyclic) bond motifs is 2. The van der Waals surface area contributed by atoms with Gasteiger partial charge in [-0.15, -0.1) is 0 Å². The zero-order valence-corrected chi connectivity index (χ0v) is 12.9. The van der Waals surface area contributed by atoms with Crippen molar-refractivity contribution in [3.05, 3.63) is 10.4 Å². The van der Waals surface area contributed by atoms with Crippen LogP contribution in [-0.4, -0.2) is 48.7 Å². The molecule has 3 rings (SSSR count). The van der Waals surface area contributed by atoms with Gasteiger partial charge in [0.05, 0.1) is 12.2 Å². The van der Waals surface area contributed by atoms with Crippen molar-refractivity contribution in [1.29, 1.82) is 0 Å². The fourth-order valence-corrected chi connectivity index (χ4v) is 4.52. The molecule has 3 fully saturated rings. The van der Waals surface area contributed by atoms with Gasteiger partial charge in [0.25, 0.3) is 0 Å². The maximum Gasteiger partial charge on any atom is 0.0783 e. The van der Waals surface area contributed by atoms with Crippen molar-refractivity contribution in [1.82, 2.24) is 10.3 Å². The Morgan fingerprint density at radius 2 is 1.43 bits per heavy atom. The molecular formula is C15H26N2O4-2. The molecule has 3 aliphatic carbocycles. The Morgan fingerprint density at radius 3 is 1.95 bits per heavy atom. The van der Waals surface area contributed by atoms with E-state index in [2.05, 4.69) is 0 Å². The van der Waals surface area contributed by atoms with E-state index in [1.807, 2.05) is 0 Å². The second-order valence-electron chi connectivity index (χ2n) is 6.93. The van der Waals surface area contributed by atoms with Gasteiger partial charge in [-0.3, -0.25) is 5.23 Å². The maximum atomic E-state index is 12.3. The largest absolute Gasteiger partial charge is 0.785 e. The minimum atomic E-state index is -0.0497. The van der Waals surface area contributed by atoms with Crippen LogP contribution < -0.4 is 0 Å². The Labute approximate surface area is 126 Å². The third-order valence-electron chi connectivity index (χ3n) is 5.73. The van der Waals surface area contributed by atoms with Crippen molar-refractivity contribution >= 4 is 0 Å². The molecule has 0 radical (unpaired) electrons. The predicted molar refractivity (Wildman–Crippen MR) is 78.9 cm³/mol. The smallest absolute Gasteiger partial charge is 0.0783 e. The molecule has 4 atom stereocenters. The normalized spacial score (nSPS) is 43.1. The molecule has 0 spiro atoms. The second-order valence-corrected chi connectivity index (χ2v) is 6.93. The maximum absolute atomic E-state index is 12.3. The van der Waals surface area contributed by atoms with E-state index in [0.717, 1.165) is 55.2 Å². The van der Waals surface area contributed by atoms with Crippen molar-refractivity contribution < 1.29 is 9.57 Å². The SMILES string of the molecule is COC1CCC(ON([O-])C2CC3CC2CC3N(C)[O-])CC1. The summed E-state index contributed by atoms with van der Waals surface area (Å²) in [5.41, 5.74) is 0. The van der Waals surface area contributed by atoms with E-state index < -0.39 is 0 Å². The van der Waals surface area contributed by atoms with Gasteiger partial charge < -0.3 is 25.1 Å². The summed E-state index contributed by atoms with van der Waals surface area (Å²) >= 11 is 0. The number of nitrogens with zero attached hydrogens (tertiary/aromatic N) is 2. The second kappa shape index (κ2) is 6.48. The van der Waals surface area contributed by atoms with E-state index in [1.54, 1.807) is 14.2 Å². The molecule has 4 unspecified atom stereocenters. The molecule has 6 nitrogen and oxygen atoms in total. The Balaban J connectivity index is 1.46. The number of methoxy groups -OCH3 is 1. The number of hydrogen-bond donors (Lipinski definition) is 0. The molecule has 122 valence electrons. The topological polar surface area (TPSA) is 71.1 Å². The van der Waals surface area contributed by atoms with Crippen molar-refractivity contribution in [3.8, 4) is 0 Å². The van der Waals surface area contributed by atoms with Crippen LogP contribution in [0.1, 0.15) is 44.9 Å². The summed E-state index contributed by atoms with van der Waals surface area (Å²) in [7, 11) is 3.34. The number of ether oxygens (including phenoxy) is 1. The third-order valence-corrected chi connectivity index (χ3v) is 5.73. The molecule has 0 N–H and O–H groups in total. The van der Waals surface area contributed by atoms with E-state index in [-0.39, 0.29) is 18.2 Å².